The minimum absolute atomic E-state index is 0.258. The van der Waals surface area contributed by atoms with E-state index in [1.165, 1.54) is 11.6 Å². The van der Waals surface area contributed by atoms with Crippen LogP contribution in [0, 0.1) is 5.82 Å². The lowest BCUT2D eigenvalue weighted by molar-refractivity contribution is 0.373. The van der Waals surface area contributed by atoms with Gasteiger partial charge in [0.25, 0.3) is 0 Å². The smallest absolute Gasteiger partial charge is 0.147 e. The Kier molecular flexibility index (Phi) is 3.86. The SMILES string of the molecule is Fc1cccc(Cl)c1NC1CC(c2cccc(Cl)c2)C1. The summed E-state index contributed by atoms with van der Waals surface area (Å²) in [7, 11) is 0. The summed E-state index contributed by atoms with van der Waals surface area (Å²) in [5.41, 5.74) is 1.65. The molecule has 1 nitrogen and oxygen atoms in total. The molecule has 0 bridgehead atoms. The van der Waals surface area contributed by atoms with E-state index in [1.807, 2.05) is 18.2 Å². The van der Waals surface area contributed by atoms with E-state index in [9.17, 15) is 4.39 Å². The average Bonchev–Trinajstić information content (AvgIpc) is 2.36. The second-order valence-corrected chi connectivity index (χ2v) is 6.00. The number of rotatable bonds is 3. The molecule has 2 aromatic rings. The van der Waals surface area contributed by atoms with E-state index in [0.717, 1.165) is 17.9 Å². The molecular weight excluding hydrogens is 296 g/mol. The zero-order valence-corrected chi connectivity index (χ0v) is 12.3. The highest BCUT2D eigenvalue weighted by Gasteiger charge is 2.31. The Morgan fingerprint density at radius 2 is 1.80 bits per heavy atom. The van der Waals surface area contributed by atoms with Crippen LogP contribution in [0.15, 0.2) is 42.5 Å². The fourth-order valence-corrected chi connectivity index (χ4v) is 3.02. The van der Waals surface area contributed by atoms with Crippen LogP contribution in [0.2, 0.25) is 10.0 Å². The molecule has 0 atom stereocenters. The Morgan fingerprint density at radius 3 is 2.50 bits per heavy atom. The largest absolute Gasteiger partial charge is 0.379 e. The molecule has 0 aromatic heterocycles. The molecule has 1 aliphatic carbocycles. The number of hydrogen-bond donors (Lipinski definition) is 1. The highest BCUT2D eigenvalue weighted by Crippen LogP contribution is 2.40. The van der Waals surface area contributed by atoms with Crippen LogP contribution in [0.1, 0.15) is 24.3 Å². The summed E-state index contributed by atoms with van der Waals surface area (Å²) in [5.74, 6) is 0.181. The summed E-state index contributed by atoms with van der Waals surface area (Å²) >= 11 is 12.0. The summed E-state index contributed by atoms with van der Waals surface area (Å²) in [6.07, 6.45) is 1.93. The van der Waals surface area contributed by atoms with E-state index < -0.39 is 0 Å². The summed E-state index contributed by atoms with van der Waals surface area (Å²) in [6.45, 7) is 0. The Bertz CT molecular complexity index is 603. The molecule has 1 fully saturated rings. The molecule has 0 unspecified atom stereocenters. The Labute approximate surface area is 127 Å². The second-order valence-electron chi connectivity index (χ2n) is 5.16. The molecule has 0 aliphatic heterocycles. The molecule has 1 saturated carbocycles. The molecular formula is C16H14Cl2FN. The Hall–Kier alpha value is -1.25. The van der Waals surface area contributed by atoms with Crippen molar-refractivity contribution in [1.29, 1.82) is 0 Å². The van der Waals surface area contributed by atoms with Crippen LogP contribution >= 0.6 is 23.2 Å². The number of halogens is 3. The fourth-order valence-electron chi connectivity index (χ4n) is 2.61. The van der Waals surface area contributed by atoms with Gasteiger partial charge in [-0.15, -0.1) is 0 Å². The van der Waals surface area contributed by atoms with Gasteiger partial charge in [0.2, 0.25) is 0 Å². The van der Waals surface area contributed by atoms with Crippen LogP contribution < -0.4 is 5.32 Å². The first-order valence-electron chi connectivity index (χ1n) is 6.59. The fraction of sp³-hybridized carbons (Fsp3) is 0.250. The van der Waals surface area contributed by atoms with Crippen LogP contribution in [0.3, 0.4) is 0 Å². The highest BCUT2D eigenvalue weighted by molar-refractivity contribution is 6.33. The topological polar surface area (TPSA) is 12.0 Å². The van der Waals surface area contributed by atoms with E-state index >= 15 is 0 Å². The molecule has 104 valence electrons. The predicted octanol–water partition coefficient (Wildman–Crippen LogP) is 5.49. The molecule has 4 heteroatoms. The Morgan fingerprint density at radius 1 is 1.05 bits per heavy atom. The number of anilines is 1. The van der Waals surface area contributed by atoms with Crippen LogP contribution in [0.5, 0.6) is 0 Å². The number of hydrogen-bond acceptors (Lipinski definition) is 1. The number of para-hydroxylation sites is 1. The zero-order chi connectivity index (χ0) is 14.1. The van der Waals surface area contributed by atoms with Crippen LogP contribution in [-0.2, 0) is 0 Å². The quantitative estimate of drug-likeness (QED) is 0.790. The number of benzene rings is 2. The first-order valence-corrected chi connectivity index (χ1v) is 7.35. The van der Waals surface area contributed by atoms with Gasteiger partial charge in [-0.05, 0) is 48.6 Å². The van der Waals surface area contributed by atoms with Crippen LogP contribution in [0.25, 0.3) is 0 Å². The molecule has 3 rings (SSSR count). The van der Waals surface area contributed by atoms with Crippen molar-refractivity contribution < 1.29 is 4.39 Å². The van der Waals surface area contributed by atoms with E-state index in [1.54, 1.807) is 12.1 Å². The van der Waals surface area contributed by atoms with Crippen molar-refractivity contribution >= 4 is 28.9 Å². The molecule has 1 aliphatic rings. The van der Waals surface area contributed by atoms with Crippen LogP contribution in [0.4, 0.5) is 10.1 Å². The molecule has 0 saturated heterocycles. The summed E-state index contributed by atoms with van der Waals surface area (Å²) in [6, 6.07) is 12.9. The average molecular weight is 310 g/mol. The van der Waals surface area contributed by atoms with Crippen molar-refractivity contribution in [1.82, 2.24) is 0 Å². The standard InChI is InChI=1S/C16H14Cl2FN/c17-12-4-1-3-10(7-12)11-8-13(9-11)20-16-14(18)5-2-6-15(16)19/h1-7,11,13,20H,8-9H2. The third-order valence-corrected chi connectivity index (χ3v) is 4.32. The van der Waals surface area contributed by atoms with Crippen molar-refractivity contribution in [2.24, 2.45) is 0 Å². The van der Waals surface area contributed by atoms with Crippen LogP contribution in [-0.4, -0.2) is 6.04 Å². The van der Waals surface area contributed by atoms with Gasteiger partial charge >= 0.3 is 0 Å². The third kappa shape index (κ3) is 2.77. The highest BCUT2D eigenvalue weighted by atomic mass is 35.5. The van der Waals surface area contributed by atoms with E-state index in [0.29, 0.717) is 16.6 Å². The predicted molar refractivity (Wildman–Crippen MR) is 82.2 cm³/mol. The first kappa shape index (κ1) is 13.7. The van der Waals surface area contributed by atoms with Gasteiger partial charge in [0, 0.05) is 11.1 Å². The van der Waals surface area contributed by atoms with Crippen molar-refractivity contribution in [3.05, 3.63) is 63.9 Å². The molecule has 0 heterocycles. The summed E-state index contributed by atoms with van der Waals surface area (Å²) < 4.78 is 13.7. The van der Waals surface area contributed by atoms with Gasteiger partial charge in [0.1, 0.15) is 5.82 Å². The molecule has 0 spiro atoms. The lowest BCUT2D eigenvalue weighted by atomic mass is 9.76. The zero-order valence-electron chi connectivity index (χ0n) is 10.7. The van der Waals surface area contributed by atoms with Crippen molar-refractivity contribution in [3.8, 4) is 0 Å². The van der Waals surface area contributed by atoms with Gasteiger partial charge in [-0.1, -0.05) is 41.4 Å². The van der Waals surface area contributed by atoms with Gasteiger partial charge in [-0.2, -0.15) is 0 Å². The lowest BCUT2D eigenvalue weighted by Crippen LogP contribution is -2.34. The van der Waals surface area contributed by atoms with Crippen molar-refractivity contribution in [2.75, 3.05) is 5.32 Å². The van der Waals surface area contributed by atoms with Crippen molar-refractivity contribution in [3.63, 3.8) is 0 Å². The monoisotopic (exact) mass is 309 g/mol. The summed E-state index contributed by atoms with van der Waals surface area (Å²) in [4.78, 5) is 0. The van der Waals surface area contributed by atoms with Gasteiger partial charge < -0.3 is 5.32 Å². The van der Waals surface area contributed by atoms with Gasteiger partial charge in [-0.3, -0.25) is 0 Å². The van der Waals surface area contributed by atoms with Crippen molar-refractivity contribution in [2.45, 2.75) is 24.8 Å². The maximum Gasteiger partial charge on any atom is 0.147 e. The number of nitrogens with one attached hydrogen (secondary N) is 1. The second kappa shape index (κ2) is 5.63. The first-order chi connectivity index (χ1) is 9.63. The molecule has 0 radical (unpaired) electrons. The third-order valence-electron chi connectivity index (χ3n) is 3.77. The molecule has 2 aromatic carbocycles. The Balaban J connectivity index is 1.64. The van der Waals surface area contributed by atoms with Gasteiger partial charge in [-0.25, -0.2) is 4.39 Å². The van der Waals surface area contributed by atoms with Gasteiger partial charge in [0.05, 0.1) is 10.7 Å². The lowest BCUT2D eigenvalue weighted by Gasteiger charge is -2.37. The van der Waals surface area contributed by atoms with E-state index in [4.69, 9.17) is 23.2 Å². The van der Waals surface area contributed by atoms with Gasteiger partial charge in [0.15, 0.2) is 0 Å². The molecule has 1 N–H and O–H groups in total. The maximum atomic E-state index is 13.7. The minimum atomic E-state index is -0.302. The summed E-state index contributed by atoms with van der Waals surface area (Å²) in [5, 5.41) is 4.38. The minimum Gasteiger partial charge on any atom is -0.379 e. The molecule has 0 amide bonds. The van der Waals surface area contributed by atoms with E-state index in [2.05, 4.69) is 11.4 Å². The van der Waals surface area contributed by atoms with E-state index in [-0.39, 0.29) is 11.9 Å². The maximum absolute atomic E-state index is 13.7. The normalized spacial score (nSPS) is 21.4. The molecule has 20 heavy (non-hydrogen) atoms.